The Hall–Kier alpha value is -3.15. The highest BCUT2D eigenvalue weighted by molar-refractivity contribution is 5.82. The van der Waals surface area contributed by atoms with Crippen molar-refractivity contribution in [3.63, 3.8) is 0 Å². The summed E-state index contributed by atoms with van der Waals surface area (Å²) in [6.07, 6.45) is 3.46. The largest absolute Gasteiger partial charge is 0.354 e. The van der Waals surface area contributed by atoms with Crippen LogP contribution in [-0.4, -0.2) is 50.0 Å². The fourth-order valence-electron chi connectivity index (χ4n) is 3.33. The van der Waals surface area contributed by atoms with Crippen LogP contribution in [0.1, 0.15) is 17.5 Å². The highest BCUT2D eigenvalue weighted by atomic mass is 19.1. The van der Waals surface area contributed by atoms with Gasteiger partial charge in [-0.25, -0.2) is 4.39 Å². The van der Waals surface area contributed by atoms with Crippen LogP contribution in [0.15, 0.2) is 65.7 Å². The van der Waals surface area contributed by atoms with E-state index >= 15 is 0 Å². The standard InChI is InChI=1S/C23H27FN4O/c1-25-23(28-15-11-20(12-16-28)19-5-3-2-4-6-19)27-14-13-26-22(29)17-18-7-9-21(24)10-8-18/h2-11H,12-17H2,1H3,(H,25,27)(H,26,29). The molecule has 3 rings (SSSR count). The van der Waals surface area contributed by atoms with E-state index in [1.54, 1.807) is 19.2 Å². The van der Waals surface area contributed by atoms with Gasteiger partial charge in [-0.15, -0.1) is 0 Å². The van der Waals surface area contributed by atoms with Crippen LogP contribution >= 0.6 is 0 Å². The minimum absolute atomic E-state index is 0.0817. The Morgan fingerprint density at radius 3 is 2.45 bits per heavy atom. The molecule has 0 bridgehead atoms. The van der Waals surface area contributed by atoms with E-state index < -0.39 is 0 Å². The summed E-state index contributed by atoms with van der Waals surface area (Å²) < 4.78 is 12.9. The van der Waals surface area contributed by atoms with E-state index in [4.69, 9.17) is 0 Å². The number of halogens is 1. The lowest BCUT2D eigenvalue weighted by molar-refractivity contribution is -0.120. The van der Waals surface area contributed by atoms with Crippen molar-refractivity contribution < 1.29 is 9.18 Å². The number of aliphatic imine (C=N–C) groups is 1. The zero-order chi connectivity index (χ0) is 20.5. The molecule has 6 heteroatoms. The molecule has 0 saturated carbocycles. The molecule has 0 aliphatic carbocycles. The van der Waals surface area contributed by atoms with Crippen LogP contribution in [0, 0.1) is 5.82 Å². The minimum atomic E-state index is -0.298. The van der Waals surface area contributed by atoms with Crippen molar-refractivity contribution in [2.24, 2.45) is 4.99 Å². The number of amides is 1. The Balaban J connectivity index is 1.40. The molecule has 29 heavy (non-hydrogen) atoms. The van der Waals surface area contributed by atoms with Gasteiger partial charge in [0.2, 0.25) is 5.91 Å². The quantitative estimate of drug-likeness (QED) is 0.450. The molecule has 0 spiro atoms. The molecule has 0 unspecified atom stereocenters. The lowest BCUT2D eigenvalue weighted by Crippen LogP contribution is -2.45. The van der Waals surface area contributed by atoms with E-state index in [1.807, 2.05) is 6.07 Å². The maximum atomic E-state index is 12.9. The van der Waals surface area contributed by atoms with E-state index in [2.05, 4.69) is 50.9 Å². The van der Waals surface area contributed by atoms with Crippen LogP contribution in [-0.2, 0) is 11.2 Å². The highest BCUT2D eigenvalue weighted by Gasteiger charge is 2.15. The van der Waals surface area contributed by atoms with Crippen molar-refractivity contribution >= 4 is 17.4 Å². The molecule has 0 radical (unpaired) electrons. The summed E-state index contributed by atoms with van der Waals surface area (Å²) in [4.78, 5) is 18.6. The molecule has 2 N–H and O–H groups in total. The molecule has 1 heterocycles. The van der Waals surface area contributed by atoms with Gasteiger partial charge in [0.25, 0.3) is 0 Å². The predicted octanol–water partition coefficient (Wildman–Crippen LogP) is 2.85. The molecule has 0 fully saturated rings. The summed E-state index contributed by atoms with van der Waals surface area (Å²) in [5.41, 5.74) is 3.44. The van der Waals surface area contributed by atoms with Crippen LogP contribution in [0.25, 0.3) is 5.57 Å². The number of nitrogens with zero attached hydrogens (tertiary/aromatic N) is 2. The van der Waals surface area contributed by atoms with Crippen LogP contribution in [0.3, 0.4) is 0 Å². The second-order valence-corrected chi connectivity index (χ2v) is 6.92. The second-order valence-electron chi connectivity index (χ2n) is 6.92. The van der Waals surface area contributed by atoms with E-state index in [0.29, 0.717) is 13.1 Å². The molecule has 0 atom stereocenters. The summed E-state index contributed by atoms with van der Waals surface area (Å²) in [5, 5.41) is 6.18. The van der Waals surface area contributed by atoms with Crippen molar-refractivity contribution in [2.45, 2.75) is 12.8 Å². The number of hydrogen-bond acceptors (Lipinski definition) is 2. The van der Waals surface area contributed by atoms with Gasteiger partial charge in [0, 0.05) is 33.2 Å². The number of hydrogen-bond donors (Lipinski definition) is 2. The Labute approximate surface area is 171 Å². The summed E-state index contributed by atoms with van der Waals surface area (Å²) in [5.74, 6) is 0.455. The number of rotatable bonds is 6. The van der Waals surface area contributed by atoms with Gasteiger partial charge in [0.15, 0.2) is 5.96 Å². The van der Waals surface area contributed by atoms with Gasteiger partial charge in [-0.05, 0) is 35.3 Å². The van der Waals surface area contributed by atoms with Gasteiger partial charge >= 0.3 is 0 Å². The second kappa shape index (κ2) is 10.4. The number of carbonyl (C=O) groups excluding carboxylic acids is 1. The van der Waals surface area contributed by atoms with Gasteiger partial charge in [-0.3, -0.25) is 9.79 Å². The molecule has 0 saturated heterocycles. The van der Waals surface area contributed by atoms with E-state index in [9.17, 15) is 9.18 Å². The average Bonchev–Trinajstić information content (AvgIpc) is 2.76. The molecule has 152 valence electrons. The van der Waals surface area contributed by atoms with E-state index in [1.165, 1.54) is 23.3 Å². The maximum Gasteiger partial charge on any atom is 0.224 e. The average molecular weight is 394 g/mol. The van der Waals surface area contributed by atoms with Crippen LogP contribution in [0.2, 0.25) is 0 Å². The molecule has 0 aromatic heterocycles. The molecule has 2 aromatic rings. The first-order valence-electron chi connectivity index (χ1n) is 9.87. The molecule has 5 nitrogen and oxygen atoms in total. The first kappa shape index (κ1) is 20.6. The van der Waals surface area contributed by atoms with E-state index in [-0.39, 0.29) is 18.1 Å². The molecule has 1 aliphatic heterocycles. The topological polar surface area (TPSA) is 56.7 Å². The normalized spacial score (nSPS) is 14.3. The van der Waals surface area contributed by atoms with Crippen molar-refractivity contribution in [2.75, 3.05) is 33.2 Å². The number of carbonyl (C=O) groups is 1. The van der Waals surface area contributed by atoms with Crippen molar-refractivity contribution in [1.82, 2.24) is 15.5 Å². The third-order valence-corrected chi connectivity index (χ3v) is 4.87. The van der Waals surface area contributed by atoms with Gasteiger partial charge in [0.05, 0.1) is 6.42 Å². The zero-order valence-electron chi connectivity index (χ0n) is 16.7. The summed E-state index contributed by atoms with van der Waals surface area (Å²) >= 11 is 0. The van der Waals surface area contributed by atoms with Crippen molar-refractivity contribution in [3.05, 3.63) is 77.6 Å². The summed E-state index contributed by atoms with van der Waals surface area (Å²) in [7, 11) is 1.77. The van der Waals surface area contributed by atoms with Gasteiger partial charge < -0.3 is 15.5 Å². The smallest absolute Gasteiger partial charge is 0.224 e. The lowest BCUT2D eigenvalue weighted by Gasteiger charge is -2.29. The van der Waals surface area contributed by atoms with Crippen LogP contribution < -0.4 is 10.6 Å². The van der Waals surface area contributed by atoms with Crippen molar-refractivity contribution in [3.8, 4) is 0 Å². The number of benzene rings is 2. The molecule has 1 amide bonds. The monoisotopic (exact) mass is 394 g/mol. The van der Waals surface area contributed by atoms with E-state index in [0.717, 1.165) is 31.0 Å². The van der Waals surface area contributed by atoms with Gasteiger partial charge in [-0.2, -0.15) is 0 Å². The van der Waals surface area contributed by atoms with Gasteiger partial charge in [0.1, 0.15) is 5.82 Å². The zero-order valence-corrected chi connectivity index (χ0v) is 16.7. The number of guanidine groups is 1. The SMILES string of the molecule is CN=C(NCCNC(=O)Cc1ccc(F)cc1)N1CC=C(c2ccccc2)CC1. The molecular weight excluding hydrogens is 367 g/mol. The van der Waals surface area contributed by atoms with Gasteiger partial charge in [-0.1, -0.05) is 48.5 Å². The third-order valence-electron chi connectivity index (χ3n) is 4.87. The first-order chi connectivity index (χ1) is 14.2. The first-order valence-corrected chi connectivity index (χ1v) is 9.87. The Kier molecular flexibility index (Phi) is 7.39. The third kappa shape index (κ3) is 6.17. The Morgan fingerprint density at radius 2 is 1.79 bits per heavy atom. The predicted molar refractivity (Wildman–Crippen MR) is 115 cm³/mol. The molecular formula is C23H27FN4O. The Bertz CT molecular complexity index is 862. The van der Waals surface area contributed by atoms with Crippen LogP contribution in [0.5, 0.6) is 0 Å². The van der Waals surface area contributed by atoms with Crippen LogP contribution in [0.4, 0.5) is 4.39 Å². The molecule has 2 aromatic carbocycles. The maximum absolute atomic E-state index is 12.9. The highest BCUT2D eigenvalue weighted by Crippen LogP contribution is 2.21. The van der Waals surface area contributed by atoms with Crippen molar-refractivity contribution in [1.29, 1.82) is 0 Å². The minimum Gasteiger partial charge on any atom is -0.354 e. The fraction of sp³-hybridized carbons (Fsp3) is 0.304. The fourth-order valence-corrected chi connectivity index (χ4v) is 3.33. The Morgan fingerprint density at radius 1 is 1.07 bits per heavy atom. The number of nitrogens with one attached hydrogen (secondary N) is 2. The summed E-state index contributed by atoms with van der Waals surface area (Å²) in [6.45, 7) is 2.80. The molecule has 1 aliphatic rings. The lowest BCUT2D eigenvalue weighted by atomic mass is 10.00. The summed E-state index contributed by atoms with van der Waals surface area (Å²) in [6, 6.07) is 16.4.